The number of hydrogen-bond donors (Lipinski definition) is 1. The monoisotopic (exact) mass is 409 g/mol. The summed E-state index contributed by atoms with van der Waals surface area (Å²) < 4.78 is 8.13. The topological polar surface area (TPSA) is 86.2 Å². The van der Waals surface area contributed by atoms with Crippen molar-refractivity contribution >= 4 is 27.5 Å². The Bertz CT molecular complexity index is 1310. The van der Waals surface area contributed by atoms with Gasteiger partial charge in [-0.15, -0.1) is 11.3 Å². The maximum absolute atomic E-state index is 13.3. The van der Waals surface area contributed by atoms with Gasteiger partial charge in [0.2, 0.25) is 5.91 Å². The number of nitrogens with one attached hydrogen (secondary N) is 1. The smallest absolute Gasteiger partial charge is 0.336 e. The predicted molar refractivity (Wildman–Crippen MR) is 112 cm³/mol. The lowest BCUT2D eigenvalue weighted by molar-refractivity contribution is -0.121. The van der Waals surface area contributed by atoms with Gasteiger partial charge in [0.05, 0.1) is 24.0 Å². The van der Waals surface area contributed by atoms with Gasteiger partial charge in [-0.25, -0.2) is 9.36 Å². The molecule has 0 unspecified atom stereocenters. The fourth-order valence-electron chi connectivity index (χ4n) is 3.23. The molecule has 4 rings (SSSR count). The van der Waals surface area contributed by atoms with Gasteiger partial charge >= 0.3 is 5.69 Å². The summed E-state index contributed by atoms with van der Waals surface area (Å²) in [6.07, 6.45) is 1.53. The van der Waals surface area contributed by atoms with Gasteiger partial charge in [0.25, 0.3) is 5.56 Å². The highest BCUT2D eigenvalue weighted by molar-refractivity contribution is 7.17. The zero-order valence-corrected chi connectivity index (χ0v) is 16.8. The summed E-state index contributed by atoms with van der Waals surface area (Å²) >= 11 is 1.25. The zero-order valence-electron chi connectivity index (χ0n) is 16.0. The molecule has 0 bridgehead atoms. The number of carbonyl (C=O) groups excluding carboxylic acids is 1. The number of benzene rings is 1. The van der Waals surface area contributed by atoms with Crippen LogP contribution in [-0.2, 0) is 17.9 Å². The van der Waals surface area contributed by atoms with Crippen molar-refractivity contribution in [3.63, 3.8) is 0 Å². The van der Waals surface area contributed by atoms with Crippen LogP contribution in [0.25, 0.3) is 15.9 Å². The van der Waals surface area contributed by atoms with E-state index in [0.29, 0.717) is 21.7 Å². The number of carbonyl (C=O) groups is 1. The van der Waals surface area contributed by atoms with Crippen LogP contribution in [0.5, 0.6) is 0 Å². The highest BCUT2D eigenvalue weighted by Crippen LogP contribution is 2.19. The normalized spacial score (nSPS) is 11.1. The van der Waals surface area contributed by atoms with Gasteiger partial charge in [-0.2, -0.15) is 0 Å². The molecule has 148 valence electrons. The molecule has 1 amide bonds. The average molecular weight is 409 g/mol. The number of aryl methyl sites for hydroxylation is 1. The van der Waals surface area contributed by atoms with E-state index in [1.807, 2.05) is 26.0 Å². The summed E-state index contributed by atoms with van der Waals surface area (Å²) in [5.41, 5.74) is 1.89. The molecule has 7 nitrogen and oxygen atoms in total. The third-order valence-electron chi connectivity index (χ3n) is 4.91. The number of rotatable bonds is 5. The maximum Gasteiger partial charge on any atom is 0.336 e. The van der Waals surface area contributed by atoms with Crippen LogP contribution in [0.3, 0.4) is 0 Å². The molecule has 1 aromatic carbocycles. The van der Waals surface area contributed by atoms with Crippen LogP contribution in [0.15, 0.2) is 62.0 Å². The zero-order chi connectivity index (χ0) is 20.5. The minimum atomic E-state index is -0.539. The molecule has 0 aliphatic rings. The van der Waals surface area contributed by atoms with Crippen molar-refractivity contribution < 1.29 is 9.21 Å². The number of furan rings is 1. The third-order valence-corrected chi connectivity index (χ3v) is 5.80. The van der Waals surface area contributed by atoms with Crippen molar-refractivity contribution in [1.29, 1.82) is 0 Å². The van der Waals surface area contributed by atoms with Crippen LogP contribution in [0.4, 0.5) is 0 Å². The molecule has 0 aliphatic carbocycles. The van der Waals surface area contributed by atoms with Crippen molar-refractivity contribution in [2.75, 3.05) is 0 Å². The van der Waals surface area contributed by atoms with E-state index in [2.05, 4.69) is 5.32 Å². The van der Waals surface area contributed by atoms with Gasteiger partial charge in [0, 0.05) is 0 Å². The Balaban J connectivity index is 1.79. The number of amides is 1. The van der Waals surface area contributed by atoms with E-state index in [-0.39, 0.29) is 24.6 Å². The highest BCUT2D eigenvalue weighted by atomic mass is 32.1. The van der Waals surface area contributed by atoms with Gasteiger partial charge in [-0.1, -0.05) is 12.1 Å². The summed E-state index contributed by atoms with van der Waals surface area (Å²) in [7, 11) is 0. The summed E-state index contributed by atoms with van der Waals surface area (Å²) in [6, 6.07) is 10.7. The van der Waals surface area contributed by atoms with Gasteiger partial charge in [-0.05, 0) is 54.6 Å². The second-order valence-corrected chi connectivity index (χ2v) is 7.64. The molecule has 0 saturated carbocycles. The Morgan fingerprint density at radius 3 is 2.72 bits per heavy atom. The van der Waals surface area contributed by atoms with E-state index in [1.165, 1.54) is 22.2 Å². The molecule has 0 atom stereocenters. The fraction of sp³-hybridized carbons (Fsp3) is 0.190. The molecular weight excluding hydrogens is 390 g/mol. The minimum absolute atomic E-state index is 0.197. The molecule has 1 N–H and O–H groups in total. The summed E-state index contributed by atoms with van der Waals surface area (Å²) in [6.45, 7) is 3.83. The Labute approximate surface area is 169 Å². The first-order valence-electron chi connectivity index (χ1n) is 9.06. The van der Waals surface area contributed by atoms with Crippen LogP contribution in [0.2, 0.25) is 0 Å². The van der Waals surface area contributed by atoms with Gasteiger partial charge in [-0.3, -0.25) is 14.2 Å². The maximum atomic E-state index is 13.3. The van der Waals surface area contributed by atoms with Crippen molar-refractivity contribution in [2.24, 2.45) is 0 Å². The molecule has 8 heteroatoms. The number of nitrogens with zero attached hydrogens (tertiary/aromatic N) is 2. The second-order valence-electron chi connectivity index (χ2n) is 6.72. The largest absolute Gasteiger partial charge is 0.467 e. The number of fused-ring (bicyclic) bond motifs is 1. The Morgan fingerprint density at radius 1 is 1.14 bits per heavy atom. The molecule has 3 heterocycles. The molecule has 0 radical (unpaired) electrons. The SMILES string of the molecule is Cc1cccc(-n2c(=O)c3sccc3n(CC(=O)NCc3ccco3)c2=O)c1C. The van der Waals surface area contributed by atoms with Gasteiger partial charge in [0.1, 0.15) is 17.0 Å². The third kappa shape index (κ3) is 3.42. The molecule has 0 spiro atoms. The fourth-order valence-corrected chi connectivity index (χ4v) is 4.05. The van der Waals surface area contributed by atoms with E-state index >= 15 is 0 Å². The Hall–Kier alpha value is -3.39. The predicted octanol–water partition coefficient (Wildman–Crippen LogP) is 2.74. The van der Waals surface area contributed by atoms with Crippen LogP contribution >= 0.6 is 11.3 Å². The Kier molecular flexibility index (Phi) is 4.94. The van der Waals surface area contributed by atoms with E-state index < -0.39 is 5.69 Å². The van der Waals surface area contributed by atoms with Crippen LogP contribution < -0.4 is 16.6 Å². The second kappa shape index (κ2) is 7.56. The van der Waals surface area contributed by atoms with Gasteiger partial charge < -0.3 is 9.73 Å². The highest BCUT2D eigenvalue weighted by Gasteiger charge is 2.18. The number of hydrogen-bond acceptors (Lipinski definition) is 5. The first-order chi connectivity index (χ1) is 14.0. The lowest BCUT2D eigenvalue weighted by Crippen LogP contribution is -2.41. The van der Waals surface area contributed by atoms with Crippen LogP contribution in [0, 0.1) is 13.8 Å². The quantitative estimate of drug-likeness (QED) is 0.549. The van der Waals surface area contributed by atoms with E-state index in [9.17, 15) is 14.4 Å². The first-order valence-corrected chi connectivity index (χ1v) is 9.94. The number of thiophene rings is 1. The summed E-state index contributed by atoms with van der Waals surface area (Å²) in [5, 5.41) is 4.48. The molecule has 0 fully saturated rings. The summed E-state index contributed by atoms with van der Waals surface area (Å²) in [5.74, 6) is 0.272. The molecule has 29 heavy (non-hydrogen) atoms. The molecule has 0 aliphatic heterocycles. The van der Waals surface area contributed by atoms with E-state index in [4.69, 9.17) is 4.42 Å². The van der Waals surface area contributed by atoms with E-state index in [0.717, 1.165) is 15.7 Å². The number of aromatic nitrogens is 2. The molecule has 4 aromatic rings. The first kappa shape index (κ1) is 18.9. The van der Waals surface area contributed by atoms with Crippen molar-refractivity contribution in [2.45, 2.75) is 26.9 Å². The summed E-state index contributed by atoms with van der Waals surface area (Å²) in [4.78, 5) is 38.8. The van der Waals surface area contributed by atoms with Crippen LogP contribution in [-0.4, -0.2) is 15.0 Å². The van der Waals surface area contributed by atoms with Crippen molar-refractivity contribution in [3.05, 3.63) is 85.8 Å². The average Bonchev–Trinajstić information content (AvgIpc) is 3.39. The van der Waals surface area contributed by atoms with Gasteiger partial charge in [0.15, 0.2) is 0 Å². The standard InChI is InChI=1S/C21H19N3O4S/c1-13-5-3-7-16(14(13)2)24-20(26)19-17(8-10-29-19)23(21(24)27)12-18(25)22-11-15-6-4-9-28-15/h3-10H,11-12H2,1-2H3,(H,22,25). The van der Waals surface area contributed by atoms with Crippen molar-refractivity contribution in [1.82, 2.24) is 14.5 Å². The molecule has 0 saturated heterocycles. The molecule has 3 aromatic heterocycles. The minimum Gasteiger partial charge on any atom is -0.467 e. The molecular formula is C21H19N3O4S. The van der Waals surface area contributed by atoms with Crippen molar-refractivity contribution in [3.8, 4) is 5.69 Å². The van der Waals surface area contributed by atoms with Crippen LogP contribution in [0.1, 0.15) is 16.9 Å². The lowest BCUT2D eigenvalue weighted by atomic mass is 10.1. The Morgan fingerprint density at radius 2 is 1.97 bits per heavy atom. The lowest BCUT2D eigenvalue weighted by Gasteiger charge is -2.14. The van der Waals surface area contributed by atoms with E-state index in [1.54, 1.807) is 29.6 Å².